The van der Waals surface area contributed by atoms with Gasteiger partial charge >= 0.3 is 0 Å². The summed E-state index contributed by atoms with van der Waals surface area (Å²) in [7, 11) is 0. The second kappa shape index (κ2) is 8.63. The van der Waals surface area contributed by atoms with Gasteiger partial charge < -0.3 is 9.64 Å². The van der Waals surface area contributed by atoms with Crippen molar-refractivity contribution >= 4 is 5.91 Å². The van der Waals surface area contributed by atoms with E-state index in [9.17, 15) is 4.79 Å². The lowest BCUT2D eigenvalue weighted by Crippen LogP contribution is -2.49. The molecule has 20 heavy (non-hydrogen) atoms. The largest absolute Gasteiger partial charge is 0.380 e. The molecule has 4 nitrogen and oxygen atoms in total. The predicted octanol–water partition coefficient (Wildman–Crippen LogP) is 2.77. The van der Waals surface area contributed by atoms with Gasteiger partial charge in [0.1, 0.15) is 0 Å². The zero-order valence-electron chi connectivity index (χ0n) is 13.8. The molecule has 1 N–H and O–H groups in total. The van der Waals surface area contributed by atoms with E-state index in [4.69, 9.17) is 4.74 Å². The van der Waals surface area contributed by atoms with Crippen LogP contribution in [0.15, 0.2) is 0 Å². The van der Waals surface area contributed by atoms with Gasteiger partial charge in [0, 0.05) is 6.61 Å². The third kappa shape index (κ3) is 4.19. The zero-order chi connectivity index (χ0) is 15.1. The van der Waals surface area contributed by atoms with Crippen molar-refractivity contribution in [2.45, 2.75) is 78.6 Å². The van der Waals surface area contributed by atoms with Crippen LogP contribution < -0.4 is 5.32 Å². The van der Waals surface area contributed by atoms with Crippen LogP contribution in [0.4, 0.5) is 0 Å². The van der Waals surface area contributed by atoms with Gasteiger partial charge in [-0.1, -0.05) is 40.5 Å². The number of rotatable bonds is 9. The molecule has 0 aliphatic carbocycles. The Balaban J connectivity index is 2.79. The van der Waals surface area contributed by atoms with Crippen LogP contribution in [0, 0.1) is 5.92 Å². The minimum Gasteiger partial charge on any atom is -0.380 e. The van der Waals surface area contributed by atoms with Crippen LogP contribution in [-0.4, -0.2) is 42.3 Å². The number of amides is 1. The lowest BCUT2D eigenvalue weighted by molar-refractivity contribution is -0.135. The Labute approximate surface area is 124 Å². The Morgan fingerprint density at radius 2 is 2.00 bits per heavy atom. The fourth-order valence-corrected chi connectivity index (χ4v) is 2.87. The Morgan fingerprint density at radius 1 is 1.30 bits per heavy atom. The minimum absolute atomic E-state index is 0.00257. The molecule has 3 atom stereocenters. The van der Waals surface area contributed by atoms with Gasteiger partial charge in [0.25, 0.3) is 0 Å². The summed E-state index contributed by atoms with van der Waals surface area (Å²) in [4.78, 5) is 14.8. The molecule has 4 heteroatoms. The average Bonchev–Trinajstić information content (AvgIpc) is 2.74. The first-order valence-electron chi connectivity index (χ1n) is 8.22. The van der Waals surface area contributed by atoms with Crippen molar-refractivity contribution in [1.29, 1.82) is 0 Å². The average molecular weight is 284 g/mol. The molecule has 0 aromatic rings. The van der Waals surface area contributed by atoms with Crippen LogP contribution in [0.5, 0.6) is 0 Å². The molecule has 0 spiro atoms. The fourth-order valence-electron chi connectivity index (χ4n) is 2.87. The molecule has 1 fully saturated rings. The molecule has 1 heterocycles. The van der Waals surface area contributed by atoms with Gasteiger partial charge in [-0.25, -0.2) is 0 Å². The second-order valence-corrected chi connectivity index (χ2v) is 6.00. The number of nitrogens with zero attached hydrogens (tertiary/aromatic N) is 1. The van der Waals surface area contributed by atoms with Crippen molar-refractivity contribution in [3.05, 3.63) is 0 Å². The third-order valence-electron chi connectivity index (χ3n) is 4.13. The number of hydrogen-bond donors (Lipinski definition) is 1. The van der Waals surface area contributed by atoms with Crippen LogP contribution >= 0.6 is 0 Å². The first-order chi connectivity index (χ1) is 9.56. The van der Waals surface area contributed by atoms with E-state index in [1.54, 1.807) is 0 Å². The highest BCUT2D eigenvalue weighted by molar-refractivity contribution is 5.84. The van der Waals surface area contributed by atoms with Crippen molar-refractivity contribution < 1.29 is 9.53 Å². The molecule has 118 valence electrons. The Hall–Kier alpha value is -0.610. The minimum atomic E-state index is 0.00257. The summed E-state index contributed by atoms with van der Waals surface area (Å²) in [5, 5.41) is 3.51. The molecule has 0 radical (unpaired) electrons. The van der Waals surface area contributed by atoms with Crippen molar-refractivity contribution in [1.82, 2.24) is 10.2 Å². The molecule has 1 amide bonds. The van der Waals surface area contributed by atoms with Gasteiger partial charge in [-0.15, -0.1) is 0 Å². The van der Waals surface area contributed by atoms with Crippen LogP contribution in [0.1, 0.15) is 60.3 Å². The molecule has 3 unspecified atom stereocenters. The fraction of sp³-hybridized carbons (Fsp3) is 0.938. The number of carbonyl (C=O) groups excluding carboxylic acids is 1. The molecule has 0 bridgehead atoms. The van der Waals surface area contributed by atoms with Crippen molar-refractivity contribution in [2.75, 3.05) is 13.2 Å². The van der Waals surface area contributed by atoms with Gasteiger partial charge in [0.2, 0.25) is 5.91 Å². The monoisotopic (exact) mass is 284 g/mol. The van der Waals surface area contributed by atoms with Crippen molar-refractivity contribution in [3.8, 4) is 0 Å². The van der Waals surface area contributed by atoms with Gasteiger partial charge in [-0.2, -0.15) is 0 Å². The van der Waals surface area contributed by atoms with Gasteiger partial charge in [0.05, 0.1) is 24.9 Å². The Morgan fingerprint density at radius 3 is 2.50 bits per heavy atom. The SMILES string of the molecule is CCCCC1NC(CC)N(C(COCC)C(C)C)C1=O. The molecular formula is C16H32N2O2. The summed E-state index contributed by atoms with van der Waals surface area (Å²) in [5.41, 5.74) is 0. The van der Waals surface area contributed by atoms with E-state index in [-0.39, 0.29) is 24.2 Å². The standard InChI is InChI=1S/C16H32N2O2/c1-6-9-10-13-16(19)18(15(7-2)17-13)14(12(4)5)11-20-8-3/h12-15,17H,6-11H2,1-5H3. The summed E-state index contributed by atoms with van der Waals surface area (Å²) >= 11 is 0. The topological polar surface area (TPSA) is 41.6 Å². The number of nitrogens with one attached hydrogen (secondary N) is 1. The lowest BCUT2D eigenvalue weighted by Gasteiger charge is -2.34. The van der Waals surface area contributed by atoms with Crippen LogP contribution in [0.25, 0.3) is 0 Å². The van der Waals surface area contributed by atoms with Crippen LogP contribution in [0.3, 0.4) is 0 Å². The van der Waals surface area contributed by atoms with Crippen LogP contribution in [0.2, 0.25) is 0 Å². The summed E-state index contributed by atoms with van der Waals surface area (Å²) in [5.74, 6) is 0.676. The maximum Gasteiger partial charge on any atom is 0.241 e. The van der Waals surface area contributed by atoms with Gasteiger partial charge in [0.15, 0.2) is 0 Å². The molecule has 0 saturated carbocycles. The first-order valence-corrected chi connectivity index (χ1v) is 8.22. The van der Waals surface area contributed by atoms with E-state index in [1.807, 2.05) is 6.92 Å². The highest BCUT2D eigenvalue weighted by atomic mass is 16.5. The van der Waals surface area contributed by atoms with Crippen LogP contribution in [-0.2, 0) is 9.53 Å². The molecule has 0 aromatic heterocycles. The number of ether oxygens (including phenoxy) is 1. The van der Waals surface area contributed by atoms with Crippen molar-refractivity contribution in [2.24, 2.45) is 5.92 Å². The quantitative estimate of drug-likeness (QED) is 0.708. The number of hydrogen-bond acceptors (Lipinski definition) is 3. The summed E-state index contributed by atoms with van der Waals surface area (Å²) in [6.45, 7) is 12.0. The smallest absolute Gasteiger partial charge is 0.241 e. The van der Waals surface area contributed by atoms with Gasteiger partial charge in [-0.3, -0.25) is 10.1 Å². The summed E-state index contributed by atoms with van der Waals surface area (Å²) in [6, 6.07) is 0.175. The molecule has 1 rings (SSSR count). The molecule has 0 aromatic carbocycles. The lowest BCUT2D eigenvalue weighted by atomic mass is 10.0. The van der Waals surface area contributed by atoms with E-state index < -0.39 is 0 Å². The molecule has 1 saturated heterocycles. The maximum atomic E-state index is 12.7. The van der Waals surface area contributed by atoms with Gasteiger partial charge in [-0.05, 0) is 25.7 Å². The number of unbranched alkanes of at least 4 members (excludes halogenated alkanes) is 1. The number of carbonyl (C=O) groups is 1. The summed E-state index contributed by atoms with van der Waals surface area (Å²) in [6.07, 6.45) is 4.29. The predicted molar refractivity (Wildman–Crippen MR) is 82.5 cm³/mol. The highest BCUT2D eigenvalue weighted by Gasteiger charge is 2.41. The first kappa shape index (κ1) is 17.4. The van der Waals surface area contributed by atoms with E-state index in [1.165, 1.54) is 0 Å². The van der Waals surface area contributed by atoms with E-state index in [2.05, 4.69) is 37.9 Å². The van der Waals surface area contributed by atoms with Crippen molar-refractivity contribution in [3.63, 3.8) is 0 Å². The Bertz CT molecular complexity index is 294. The molecule has 1 aliphatic heterocycles. The summed E-state index contributed by atoms with van der Waals surface area (Å²) < 4.78 is 5.61. The zero-order valence-corrected chi connectivity index (χ0v) is 13.8. The van der Waals surface area contributed by atoms with E-state index in [0.717, 1.165) is 25.7 Å². The normalized spacial score (nSPS) is 24.7. The van der Waals surface area contributed by atoms with E-state index >= 15 is 0 Å². The highest BCUT2D eigenvalue weighted by Crippen LogP contribution is 2.24. The Kier molecular flexibility index (Phi) is 7.52. The maximum absolute atomic E-state index is 12.7. The van der Waals surface area contributed by atoms with E-state index in [0.29, 0.717) is 19.1 Å². The second-order valence-electron chi connectivity index (χ2n) is 6.00. The molecule has 1 aliphatic rings. The third-order valence-corrected chi connectivity index (χ3v) is 4.13. The molecular weight excluding hydrogens is 252 g/mol.